The first-order valence-electron chi connectivity index (χ1n) is 4.59. The number of carbonyl (C=O) groups is 1. The zero-order valence-electron chi connectivity index (χ0n) is 8.60. The normalized spacial score (nSPS) is 10.3. The first kappa shape index (κ1) is 10.2. The van der Waals surface area contributed by atoms with E-state index in [2.05, 4.69) is 4.98 Å². The number of carboxylic acid groups (broad SMARTS) is 1. The van der Waals surface area contributed by atoms with E-state index in [-0.39, 0.29) is 5.56 Å². The highest BCUT2D eigenvalue weighted by Crippen LogP contribution is 2.31. The van der Waals surface area contributed by atoms with Gasteiger partial charge in [-0.2, -0.15) is 0 Å². The van der Waals surface area contributed by atoms with E-state index in [0.717, 1.165) is 0 Å². The summed E-state index contributed by atoms with van der Waals surface area (Å²) in [6.45, 7) is 0. The van der Waals surface area contributed by atoms with Crippen LogP contribution in [-0.2, 0) is 0 Å². The maximum absolute atomic E-state index is 11.1. The number of methoxy groups -OCH3 is 1. The molecule has 0 bridgehead atoms. The fourth-order valence-electron chi connectivity index (χ4n) is 1.62. The molecule has 2 aromatic rings. The molecule has 0 unspecified atom stereocenters. The smallest absolute Gasteiger partial charge is 0.338 e. The van der Waals surface area contributed by atoms with Gasteiger partial charge in [0.05, 0.1) is 12.7 Å². The maximum Gasteiger partial charge on any atom is 0.338 e. The number of aromatic nitrogens is 1. The number of rotatable bonds is 2. The summed E-state index contributed by atoms with van der Waals surface area (Å²) in [6, 6.07) is 5.14. The molecule has 0 aliphatic heterocycles. The Kier molecular flexibility index (Phi) is 2.36. The molecule has 0 fully saturated rings. The van der Waals surface area contributed by atoms with Crippen LogP contribution in [0.1, 0.15) is 10.4 Å². The third-order valence-electron chi connectivity index (χ3n) is 2.35. The number of carboxylic acids is 1. The van der Waals surface area contributed by atoms with E-state index < -0.39 is 5.97 Å². The lowest BCUT2D eigenvalue weighted by atomic mass is 10.1. The number of pyridine rings is 1. The molecule has 0 spiro atoms. The Morgan fingerprint density at radius 3 is 2.88 bits per heavy atom. The van der Waals surface area contributed by atoms with Crippen LogP contribution in [0.4, 0.5) is 5.82 Å². The first-order valence-corrected chi connectivity index (χ1v) is 4.59. The lowest BCUT2D eigenvalue weighted by Gasteiger charge is -2.09. The second-order valence-corrected chi connectivity index (χ2v) is 3.25. The number of anilines is 1. The van der Waals surface area contributed by atoms with E-state index in [0.29, 0.717) is 22.3 Å². The SMILES string of the molecule is COc1cccc2c(N)ncc(C(=O)O)c12. The van der Waals surface area contributed by atoms with Crippen LogP contribution in [-0.4, -0.2) is 23.2 Å². The van der Waals surface area contributed by atoms with Crippen molar-refractivity contribution in [3.8, 4) is 5.75 Å². The lowest BCUT2D eigenvalue weighted by molar-refractivity contribution is 0.0698. The standard InChI is InChI=1S/C11H10N2O3/c1-16-8-4-2-3-6-9(8)7(11(14)15)5-13-10(6)12/h2-5H,1H3,(H2,12,13)(H,14,15). The van der Waals surface area contributed by atoms with Crippen LogP contribution < -0.4 is 10.5 Å². The molecular formula is C11H10N2O3. The van der Waals surface area contributed by atoms with Gasteiger partial charge in [-0.15, -0.1) is 0 Å². The summed E-state index contributed by atoms with van der Waals surface area (Å²) >= 11 is 0. The summed E-state index contributed by atoms with van der Waals surface area (Å²) in [7, 11) is 1.48. The van der Waals surface area contributed by atoms with Gasteiger partial charge in [0.2, 0.25) is 0 Å². The summed E-state index contributed by atoms with van der Waals surface area (Å²) in [6.07, 6.45) is 1.24. The van der Waals surface area contributed by atoms with E-state index in [1.165, 1.54) is 13.3 Å². The van der Waals surface area contributed by atoms with Crippen LogP contribution in [0, 0.1) is 0 Å². The molecule has 3 N–H and O–H groups in total. The van der Waals surface area contributed by atoms with Gasteiger partial charge in [-0.05, 0) is 6.07 Å². The van der Waals surface area contributed by atoms with Gasteiger partial charge < -0.3 is 15.6 Å². The molecule has 16 heavy (non-hydrogen) atoms. The van der Waals surface area contributed by atoms with Crippen molar-refractivity contribution in [1.29, 1.82) is 0 Å². The van der Waals surface area contributed by atoms with Gasteiger partial charge in [0, 0.05) is 17.0 Å². The Morgan fingerprint density at radius 2 is 2.25 bits per heavy atom. The number of nitrogen functional groups attached to an aromatic ring is 1. The van der Waals surface area contributed by atoms with Gasteiger partial charge in [-0.25, -0.2) is 9.78 Å². The van der Waals surface area contributed by atoms with Gasteiger partial charge in [0.1, 0.15) is 11.6 Å². The zero-order valence-corrected chi connectivity index (χ0v) is 8.60. The minimum Gasteiger partial charge on any atom is -0.496 e. The predicted molar refractivity (Wildman–Crippen MR) is 59.7 cm³/mol. The third-order valence-corrected chi connectivity index (χ3v) is 2.35. The largest absolute Gasteiger partial charge is 0.496 e. The third kappa shape index (κ3) is 1.42. The quantitative estimate of drug-likeness (QED) is 0.798. The number of fused-ring (bicyclic) bond motifs is 1. The minimum atomic E-state index is -1.05. The van der Waals surface area contributed by atoms with Crippen molar-refractivity contribution in [2.45, 2.75) is 0 Å². The van der Waals surface area contributed by atoms with Gasteiger partial charge in [-0.3, -0.25) is 0 Å². The molecule has 0 saturated heterocycles. The van der Waals surface area contributed by atoms with E-state index >= 15 is 0 Å². The fraction of sp³-hybridized carbons (Fsp3) is 0.0909. The van der Waals surface area contributed by atoms with Crippen molar-refractivity contribution in [2.75, 3.05) is 12.8 Å². The van der Waals surface area contributed by atoms with Gasteiger partial charge >= 0.3 is 5.97 Å². The Bertz CT molecular complexity index is 566. The number of hydrogen-bond donors (Lipinski definition) is 2. The zero-order chi connectivity index (χ0) is 11.7. The number of nitrogens with zero attached hydrogens (tertiary/aromatic N) is 1. The van der Waals surface area contributed by atoms with Gasteiger partial charge in [-0.1, -0.05) is 12.1 Å². The molecule has 0 radical (unpaired) electrons. The molecule has 5 heteroatoms. The molecule has 5 nitrogen and oxygen atoms in total. The second-order valence-electron chi connectivity index (χ2n) is 3.25. The topological polar surface area (TPSA) is 85.4 Å². The van der Waals surface area contributed by atoms with Crippen LogP contribution in [0.25, 0.3) is 10.8 Å². The van der Waals surface area contributed by atoms with Crippen molar-refractivity contribution < 1.29 is 14.6 Å². The predicted octanol–water partition coefficient (Wildman–Crippen LogP) is 1.52. The van der Waals surface area contributed by atoms with Crippen molar-refractivity contribution in [2.24, 2.45) is 0 Å². The lowest BCUT2D eigenvalue weighted by Crippen LogP contribution is -2.02. The molecule has 1 aromatic carbocycles. The number of ether oxygens (including phenoxy) is 1. The number of benzene rings is 1. The Labute approximate surface area is 91.5 Å². The summed E-state index contributed by atoms with van der Waals surface area (Å²) in [5.41, 5.74) is 5.77. The summed E-state index contributed by atoms with van der Waals surface area (Å²) in [5, 5.41) is 10.1. The van der Waals surface area contributed by atoms with Crippen LogP contribution in [0.15, 0.2) is 24.4 Å². The minimum absolute atomic E-state index is 0.0849. The van der Waals surface area contributed by atoms with Crippen LogP contribution in [0.5, 0.6) is 5.75 Å². The summed E-state index contributed by atoms with van der Waals surface area (Å²) in [5.74, 6) is -0.287. The van der Waals surface area contributed by atoms with Gasteiger partial charge in [0.15, 0.2) is 0 Å². The summed E-state index contributed by atoms with van der Waals surface area (Å²) in [4.78, 5) is 14.9. The molecule has 0 aliphatic rings. The van der Waals surface area contributed by atoms with Crippen molar-refractivity contribution >= 4 is 22.6 Å². The van der Waals surface area contributed by atoms with E-state index in [1.807, 2.05) is 0 Å². The highest BCUT2D eigenvalue weighted by Gasteiger charge is 2.14. The van der Waals surface area contributed by atoms with Crippen LogP contribution in [0.3, 0.4) is 0 Å². The molecule has 1 aromatic heterocycles. The fourth-order valence-corrected chi connectivity index (χ4v) is 1.62. The van der Waals surface area contributed by atoms with Crippen molar-refractivity contribution in [3.63, 3.8) is 0 Å². The van der Waals surface area contributed by atoms with Crippen LogP contribution in [0.2, 0.25) is 0 Å². The molecule has 0 saturated carbocycles. The molecule has 1 heterocycles. The highest BCUT2D eigenvalue weighted by molar-refractivity contribution is 6.08. The van der Waals surface area contributed by atoms with E-state index in [4.69, 9.17) is 15.6 Å². The molecular weight excluding hydrogens is 208 g/mol. The average Bonchev–Trinajstić information content (AvgIpc) is 2.28. The number of aromatic carboxylic acids is 1. The van der Waals surface area contributed by atoms with E-state index in [9.17, 15) is 4.79 Å². The van der Waals surface area contributed by atoms with Crippen molar-refractivity contribution in [1.82, 2.24) is 4.98 Å². The van der Waals surface area contributed by atoms with Crippen LogP contribution >= 0.6 is 0 Å². The number of nitrogens with two attached hydrogens (primary N) is 1. The van der Waals surface area contributed by atoms with Crippen molar-refractivity contribution in [3.05, 3.63) is 30.0 Å². The summed E-state index contributed by atoms with van der Waals surface area (Å²) < 4.78 is 5.13. The molecule has 82 valence electrons. The Morgan fingerprint density at radius 1 is 1.50 bits per heavy atom. The monoisotopic (exact) mass is 218 g/mol. The first-order chi connectivity index (χ1) is 7.65. The molecule has 0 atom stereocenters. The Balaban J connectivity index is 2.93. The van der Waals surface area contributed by atoms with Gasteiger partial charge in [0.25, 0.3) is 0 Å². The average molecular weight is 218 g/mol. The molecule has 0 aliphatic carbocycles. The second kappa shape index (κ2) is 3.69. The molecule has 2 rings (SSSR count). The Hall–Kier alpha value is -2.30. The molecule has 0 amide bonds. The number of hydrogen-bond acceptors (Lipinski definition) is 4. The van der Waals surface area contributed by atoms with E-state index in [1.54, 1.807) is 18.2 Å². The highest BCUT2D eigenvalue weighted by atomic mass is 16.5. The maximum atomic E-state index is 11.1.